The van der Waals surface area contributed by atoms with Gasteiger partial charge in [0, 0.05) is 18.6 Å². The van der Waals surface area contributed by atoms with E-state index in [1.54, 1.807) is 0 Å². The van der Waals surface area contributed by atoms with Crippen LogP contribution in [0.25, 0.3) is 0 Å². The van der Waals surface area contributed by atoms with Gasteiger partial charge in [0.1, 0.15) is 0 Å². The van der Waals surface area contributed by atoms with Crippen molar-refractivity contribution in [1.29, 1.82) is 0 Å². The summed E-state index contributed by atoms with van der Waals surface area (Å²) in [6, 6.07) is 0. The molecule has 1 aliphatic rings. The van der Waals surface area contributed by atoms with Gasteiger partial charge in [0.05, 0.1) is 0 Å². The molecular formula is C13H27NO. The van der Waals surface area contributed by atoms with E-state index in [1.807, 2.05) is 0 Å². The molecule has 0 aromatic heterocycles. The van der Waals surface area contributed by atoms with Crippen molar-refractivity contribution < 1.29 is 5.11 Å². The zero-order valence-corrected chi connectivity index (χ0v) is 10.2. The van der Waals surface area contributed by atoms with Crippen molar-refractivity contribution >= 4 is 0 Å². The van der Waals surface area contributed by atoms with E-state index in [-0.39, 0.29) is 5.41 Å². The maximum atomic E-state index is 9.12. The van der Waals surface area contributed by atoms with E-state index in [4.69, 9.17) is 5.11 Å². The molecule has 0 aromatic carbocycles. The van der Waals surface area contributed by atoms with Gasteiger partial charge in [-0.1, -0.05) is 39.0 Å². The van der Waals surface area contributed by atoms with E-state index in [2.05, 4.69) is 12.2 Å². The first-order valence-electron chi connectivity index (χ1n) is 6.64. The Kier molecular flexibility index (Phi) is 6.26. The van der Waals surface area contributed by atoms with Crippen LogP contribution in [0.4, 0.5) is 0 Å². The molecule has 0 atom stereocenters. The molecule has 1 fully saturated rings. The molecule has 0 radical (unpaired) electrons. The Labute approximate surface area is 94.5 Å². The smallest absolute Gasteiger partial charge is 0.0499 e. The Morgan fingerprint density at radius 1 is 1.07 bits per heavy atom. The van der Waals surface area contributed by atoms with Gasteiger partial charge in [-0.25, -0.2) is 0 Å². The summed E-state index contributed by atoms with van der Waals surface area (Å²) in [6.45, 7) is 4.79. The van der Waals surface area contributed by atoms with Crippen LogP contribution in [-0.4, -0.2) is 24.8 Å². The van der Waals surface area contributed by atoms with E-state index < -0.39 is 0 Å². The molecule has 90 valence electrons. The van der Waals surface area contributed by atoms with Crippen LogP contribution in [0.5, 0.6) is 0 Å². The highest BCUT2D eigenvalue weighted by molar-refractivity contribution is 4.94. The molecule has 1 rings (SSSR count). The SMILES string of the molecule is CCCCCCCCNCC1(CO)CC1. The number of hydrogen-bond acceptors (Lipinski definition) is 2. The molecule has 0 amide bonds. The van der Waals surface area contributed by atoms with Crippen molar-refractivity contribution in [2.24, 2.45) is 5.41 Å². The average Bonchev–Trinajstić information content (AvgIpc) is 3.03. The molecule has 0 heterocycles. The second kappa shape index (κ2) is 7.24. The van der Waals surface area contributed by atoms with Crippen LogP contribution in [-0.2, 0) is 0 Å². The molecule has 2 heteroatoms. The lowest BCUT2D eigenvalue weighted by Crippen LogP contribution is -2.27. The van der Waals surface area contributed by atoms with Gasteiger partial charge >= 0.3 is 0 Å². The molecule has 15 heavy (non-hydrogen) atoms. The van der Waals surface area contributed by atoms with Gasteiger partial charge in [0.15, 0.2) is 0 Å². The number of aliphatic hydroxyl groups excluding tert-OH is 1. The largest absolute Gasteiger partial charge is 0.396 e. The minimum atomic E-state index is 0.280. The third-order valence-corrected chi connectivity index (χ3v) is 3.50. The van der Waals surface area contributed by atoms with Gasteiger partial charge in [0.25, 0.3) is 0 Å². The van der Waals surface area contributed by atoms with Crippen molar-refractivity contribution in [2.75, 3.05) is 19.7 Å². The second-order valence-corrected chi connectivity index (χ2v) is 5.10. The lowest BCUT2D eigenvalue weighted by molar-refractivity contribution is 0.208. The van der Waals surface area contributed by atoms with Crippen LogP contribution in [0.15, 0.2) is 0 Å². The van der Waals surface area contributed by atoms with E-state index >= 15 is 0 Å². The van der Waals surface area contributed by atoms with Crippen LogP contribution in [0.1, 0.15) is 58.3 Å². The van der Waals surface area contributed by atoms with E-state index in [0.717, 1.165) is 13.1 Å². The predicted octanol–water partition coefficient (Wildman–Crippen LogP) is 2.71. The quantitative estimate of drug-likeness (QED) is 0.547. The molecule has 2 nitrogen and oxygen atoms in total. The Bertz CT molecular complexity index is 155. The first kappa shape index (κ1) is 13.0. The minimum Gasteiger partial charge on any atom is -0.396 e. The molecule has 0 aromatic rings. The van der Waals surface area contributed by atoms with Gasteiger partial charge in [-0.15, -0.1) is 0 Å². The monoisotopic (exact) mass is 213 g/mol. The third kappa shape index (κ3) is 5.53. The standard InChI is InChI=1S/C13H27NO/c1-2-3-4-5-6-7-10-14-11-13(12-15)8-9-13/h14-15H,2-12H2,1H3. The van der Waals surface area contributed by atoms with Crippen LogP contribution < -0.4 is 5.32 Å². The molecular weight excluding hydrogens is 186 g/mol. The highest BCUT2D eigenvalue weighted by atomic mass is 16.3. The normalized spacial score (nSPS) is 18.0. The van der Waals surface area contributed by atoms with E-state index in [0.29, 0.717) is 6.61 Å². The summed E-state index contributed by atoms with van der Waals surface area (Å²) in [4.78, 5) is 0. The molecule has 0 spiro atoms. The summed E-state index contributed by atoms with van der Waals surface area (Å²) in [5.41, 5.74) is 0.280. The summed E-state index contributed by atoms with van der Waals surface area (Å²) in [7, 11) is 0. The zero-order chi connectivity index (χ0) is 11.0. The van der Waals surface area contributed by atoms with Gasteiger partial charge < -0.3 is 10.4 Å². The summed E-state index contributed by atoms with van der Waals surface area (Å²) >= 11 is 0. The van der Waals surface area contributed by atoms with Gasteiger partial charge in [-0.3, -0.25) is 0 Å². The first-order valence-corrected chi connectivity index (χ1v) is 6.64. The molecule has 0 saturated heterocycles. The Hall–Kier alpha value is -0.0800. The predicted molar refractivity (Wildman–Crippen MR) is 65.0 cm³/mol. The van der Waals surface area contributed by atoms with Crippen LogP contribution >= 0.6 is 0 Å². The van der Waals surface area contributed by atoms with Gasteiger partial charge in [-0.05, 0) is 25.8 Å². The van der Waals surface area contributed by atoms with E-state index in [9.17, 15) is 0 Å². The Morgan fingerprint density at radius 2 is 1.73 bits per heavy atom. The fraction of sp³-hybridized carbons (Fsp3) is 1.00. The number of unbranched alkanes of at least 4 members (excludes halogenated alkanes) is 5. The molecule has 1 saturated carbocycles. The highest BCUT2D eigenvalue weighted by Gasteiger charge is 2.41. The van der Waals surface area contributed by atoms with Gasteiger partial charge in [0.2, 0.25) is 0 Å². The lowest BCUT2D eigenvalue weighted by atomic mass is 10.1. The maximum absolute atomic E-state index is 9.12. The van der Waals surface area contributed by atoms with Crippen LogP contribution in [0.2, 0.25) is 0 Å². The summed E-state index contributed by atoms with van der Waals surface area (Å²) in [5, 5.41) is 12.6. The molecule has 1 aliphatic carbocycles. The van der Waals surface area contributed by atoms with Crippen molar-refractivity contribution in [3.05, 3.63) is 0 Å². The number of aliphatic hydroxyl groups is 1. The number of hydrogen-bond donors (Lipinski definition) is 2. The molecule has 0 bridgehead atoms. The maximum Gasteiger partial charge on any atom is 0.0499 e. The Morgan fingerprint density at radius 3 is 2.33 bits per heavy atom. The minimum absolute atomic E-state index is 0.280. The summed E-state index contributed by atoms with van der Waals surface area (Å²) in [6.07, 6.45) is 10.6. The van der Waals surface area contributed by atoms with Crippen LogP contribution in [0.3, 0.4) is 0 Å². The van der Waals surface area contributed by atoms with Crippen LogP contribution in [0, 0.1) is 5.41 Å². The van der Waals surface area contributed by atoms with E-state index in [1.165, 1.54) is 51.4 Å². The molecule has 0 unspecified atom stereocenters. The number of rotatable bonds is 10. The topological polar surface area (TPSA) is 32.3 Å². The fourth-order valence-corrected chi connectivity index (χ4v) is 1.95. The third-order valence-electron chi connectivity index (χ3n) is 3.50. The van der Waals surface area contributed by atoms with Crippen molar-refractivity contribution in [3.8, 4) is 0 Å². The molecule has 2 N–H and O–H groups in total. The molecule has 0 aliphatic heterocycles. The highest BCUT2D eigenvalue weighted by Crippen LogP contribution is 2.44. The van der Waals surface area contributed by atoms with Crippen molar-refractivity contribution in [2.45, 2.75) is 58.3 Å². The average molecular weight is 213 g/mol. The summed E-state index contributed by atoms with van der Waals surface area (Å²) in [5.74, 6) is 0. The lowest BCUT2D eigenvalue weighted by Gasteiger charge is -2.12. The van der Waals surface area contributed by atoms with Crippen molar-refractivity contribution in [1.82, 2.24) is 5.32 Å². The van der Waals surface area contributed by atoms with Gasteiger partial charge in [-0.2, -0.15) is 0 Å². The number of nitrogens with one attached hydrogen (secondary N) is 1. The fourth-order valence-electron chi connectivity index (χ4n) is 1.95. The van der Waals surface area contributed by atoms with Crippen molar-refractivity contribution in [3.63, 3.8) is 0 Å². The Balaban J connectivity index is 1.77. The first-order chi connectivity index (χ1) is 7.33. The summed E-state index contributed by atoms with van der Waals surface area (Å²) < 4.78 is 0. The second-order valence-electron chi connectivity index (χ2n) is 5.10. The zero-order valence-electron chi connectivity index (χ0n) is 10.2.